The number of nitrogens with one attached hydrogen (secondary N) is 1. The monoisotopic (exact) mass is 288 g/mol. The van der Waals surface area contributed by atoms with Crippen molar-refractivity contribution in [1.82, 2.24) is 10.2 Å². The van der Waals surface area contributed by atoms with Gasteiger partial charge >= 0.3 is 0 Å². The third-order valence-electron chi connectivity index (χ3n) is 3.15. The van der Waals surface area contributed by atoms with Gasteiger partial charge in [0.25, 0.3) is 5.91 Å². The second-order valence-electron chi connectivity index (χ2n) is 5.20. The highest BCUT2D eigenvalue weighted by Gasteiger charge is 2.08. The van der Waals surface area contributed by atoms with E-state index in [2.05, 4.69) is 5.32 Å². The average molecular weight is 288 g/mol. The van der Waals surface area contributed by atoms with Crippen LogP contribution in [0, 0.1) is 0 Å². The van der Waals surface area contributed by atoms with Crippen LogP contribution in [-0.4, -0.2) is 37.4 Å². The van der Waals surface area contributed by atoms with Crippen molar-refractivity contribution in [2.75, 3.05) is 20.6 Å². The van der Waals surface area contributed by atoms with Crippen molar-refractivity contribution in [3.05, 3.63) is 47.0 Å². The molecule has 4 nitrogen and oxygen atoms in total. The number of carbonyl (C=O) groups is 2. The van der Waals surface area contributed by atoms with Crippen LogP contribution in [0.3, 0.4) is 0 Å². The highest BCUT2D eigenvalue weighted by atomic mass is 16.2. The maximum absolute atomic E-state index is 11.9. The minimum Gasteiger partial charge on any atom is -0.352 e. The van der Waals surface area contributed by atoms with Gasteiger partial charge in [0.15, 0.2) is 0 Å². The number of amides is 2. The molecule has 0 aliphatic heterocycles. The average Bonchev–Trinajstić information content (AvgIpc) is 2.46. The summed E-state index contributed by atoms with van der Waals surface area (Å²) >= 11 is 0. The summed E-state index contributed by atoms with van der Waals surface area (Å²) in [6, 6.07) is 7.52. The van der Waals surface area contributed by atoms with E-state index in [1.807, 2.05) is 38.1 Å². The minimum absolute atomic E-state index is 0.0115. The lowest BCUT2D eigenvalue weighted by atomic mass is 10.1. The van der Waals surface area contributed by atoms with E-state index in [9.17, 15) is 9.59 Å². The van der Waals surface area contributed by atoms with Crippen LogP contribution in [0.2, 0.25) is 0 Å². The van der Waals surface area contributed by atoms with Crippen molar-refractivity contribution in [1.29, 1.82) is 0 Å². The van der Waals surface area contributed by atoms with Crippen molar-refractivity contribution in [3.63, 3.8) is 0 Å². The molecule has 0 radical (unpaired) electrons. The van der Waals surface area contributed by atoms with E-state index < -0.39 is 0 Å². The highest BCUT2D eigenvalue weighted by molar-refractivity contribution is 5.94. The fourth-order valence-electron chi connectivity index (χ4n) is 1.98. The van der Waals surface area contributed by atoms with Gasteiger partial charge in [-0.15, -0.1) is 0 Å². The van der Waals surface area contributed by atoms with Crippen molar-refractivity contribution >= 4 is 11.8 Å². The Morgan fingerprint density at radius 2 is 2.00 bits per heavy atom. The highest BCUT2D eigenvalue weighted by Crippen LogP contribution is 2.08. The maximum Gasteiger partial charge on any atom is 0.253 e. The molecule has 1 aromatic rings. The number of carbonyl (C=O) groups excluding carboxylic acids is 2. The Hall–Kier alpha value is -2.10. The molecule has 1 aromatic carbocycles. The molecule has 4 heteroatoms. The standard InChI is InChI=1S/C17H24N2O2/c1-5-7-13(2)16(20)18-11-10-14-8-6-9-15(12-14)17(21)19(3)4/h6-9,12H,5,10-11H2,1-4H3,(H,18,20). The van der Waals surface area contributed by atoms with Crippen LogP contribution in [0.1, 0.15) is 36.2 Å². The number of rotatable bonds is 6. The summed E-state index contributed by atoms with van der Waals surface area (Å²) in [7, 11) is 3.47. The fraction of sp³-hybridized carbons (Fsp3) is 0.412. The lowest BCUT2D eigenvalue weighted by molar-refractivity contribution is -0.117. The molecule has 2 amide bonds. The smallest absolute Gasteiger partial charge is 0.253 e. The molecule has 114 valence electrons. The minimum atomic E-state index is -0.0302. The molecule has 0 heterocycles. The third kappa shape index (κ3) is 5.42. The summed E-state index contributed by atoms with van der Waals surface area (Å²) < 4.78 is 0. The van der Waals surface area contributed by atoms with Crippen LogP contribution in [-0.2, 0) is 11.2 Å². The van der Waals surface area contributed by atoms with E-state index in [0.29, 0.717) is 18.5 Å². The van der Waals surface area contributed by atoms with Crippen LogP contribution < -0.4 is 5.32 Å². The van der Waals surface area contributed by atoms with Crippen molar-refractivity contribution < 1.29 is 9.59 Å². The van der Waals surface area contributed by atoms with Gasteiger partial charge in [-0.1, -0.05) is 25.1 Å². The van der Waals surface area contributed by atoms with Gasteiger partial charge < -0.3 is 10.2 Å². The van der Waals surface area contributed by atoms with E-state index in [1.54, 1.807) is 25.1 Å². The Morgan fingerprint density at radius 1 is 1.29 bits per heavy atom. The first-order valence-electron chi connectivity index (χ1n) is 7.21. The molecule has 21 heavy (non-hydrogen) atoms. The third-order valence-corrected chi connectivity index (χ3v) is 3.15. The molecule has 0 unspecified atom stereocenters. The quantitative estimate of drug-likeness (QED) is 0.817. The maximum atomic E-state index is 11.9. The summed E-state index contributed by atoms with van der Waals surface area (Å²) in [5.41, 5.74) is 2.46. The first kappa shape index (κ1) is 17.0. The number of benzene rings is 1. The lowest BCUT2D eigenvalue weighted by Crippen LogP contribution is -2.26. The van der Waals surface area contributed by atoms with E-state index >= 15 is 0 Å². The van der Waals surface area contributed by atoms with E-state index in [-0.39, 0.29) is 11.8 Å². The zero-order valence-corrected chi connectivity index (χ0v) is 13.3. The molecule has 0 bridgehead atoms. The molecule has 1 rings (SSSR count). The predicted octanol–water partition coefficient (Wildman–Crippen LogP) is 2.40. The topological polar surface area (TPSA) is 49.4 Å². The summed E-state index contributed by atoms with van der Waals surface area (Å²) in [5.74, 6) is -0.0417. The van der Waals surface area contributed by atoms with Crippen LogP contribution >= 0.6 is 0 Å². The predicted molar refractivity (Wildman–Crippen MR) is 85.2 cm³/mol. The second kappa shape index (κ2) is 8.25. The summed E-state index contributed by atoms with van der Waals surface area (Å²) in [6.07, 6.45) is 3.47. The zero-order valence-electron chi connectivity index (χ0n) is 13.3. The van der Waals surface area contributed by atoms with Gasteiger partial charge in [0.05, 0.1) is 0 Å². The Bertz CT molecular complexity index is 533. The van der Waals surface area contributed by atoms with Crippen LogP contribution in [0.15, 0.2) is 35.9 Å². The van der Waals surface area contributed by atoms with Gasteiger partial charge in [-0.05, 0) is 37.5 Å². The number of hydrogen-bond donors (Lipinski definition) is 1. The number of nitrogens with zero attached hydrogens (tertiary/aromatic N) is 1. The largest absolute Gasteiger partial charge is 0.352 e. The first-order valence-corrected chi connectivity index (χ1v) is 7.21. The molecule has 0 atom stereocenters. The SMILES string of the molecule is CCC=C(C)C(=O)NCCc1cccc(C(=O)N(C)C)c1. The summed E-state index contributed by atoms with van der Waals surface area (Å²) in [4.78, 5) is 25.2. The lowest BCUT2D eigenvalue weighted by Gasteiger charge is -2.11. The van der Waals surface area contributed by atoms with Gasteiger partial charge in [-0.25, -0.2) is 0 Å². The van der Waals surface area contributed by atoms with Gasteiger partial charge in [0, 0.05) is 31.8 Å². The number of hydrogen-bond acceptors (Lipinski definition) is 2. The molecule has 0 spiro atoms. The number of allylic oxidation sites excluding steroid dienone is 1. The molecule has 0 aliphatic carbocycles. The normalized spacial score (nSPS) is 11.1. The Balaban J connectivity index is 2.57. The van der Waals surface area contributed by atoms with E-state index in [4.69, 9.17) is 0 Å². The van der Waals surface area contributed by atoms with Crippen molar-refractivity contribution in [3.8, 4) is 0 Å². The Morgan fingerprint density at radius 3 is 2.62 bits per heavy atom. The molecule has 0 fully saturated rings. The van der Waals surface area contributed by atoms with Gasteiger partial charge in [-0.2, -0.15) is 0 Å². The first-order chi connectivity index (χ1) is 9.95. The fourth-order valence-corrected chi connectivity index (χ4v) is 1.98. The second-order valence-corrected chi connectivity index (χ2v) is 5.20. The zero-order chi connectivity index (χ0) is 15.8. The van der Waals surface area contributed by atoms with Gasteiger partial charge in [0.1, 0.15) is 0 Å². The molecule has 0 saturated heterocycles. The Kier molecular flexibility index (Phi) is 6.66. The van der Waals surface area contributed by atoms with E-state index in [0.717, 1.165) is 17.6 Å². The summed E-state index contributed by atoms with van der Waals surface area (Å²) in [5, 5.41) is 2.88. The van der Waals surface area contributed by atoms with Gasteiger partial charge in [-0.3, -0.25) is 9.59 Å². The van der Waals surface area contributed by atoms with Crippen LogP contribution in [0.25, 0.3) is 0 Å². The molecular formula is C17H24N2O2. The Labute approximate surface area is 126 Å². The van der Waals surface area contributed by atoms with Crippen LogP contribution in [0.4, 0.5) is 0 Å². The molecular weight excluding hydrogens is 264 g/mol. The van der Waals surface area contributed by atoms with E-state index in [1.165, 1.54) is 0 Å². The van der Waals surface area contributed by atoms with Crippen LogP contribution in [0.5, 0.6) is 0 Å². The molecule has 0 aliphatic rings. The van der Waals surface area contributed by atoms with Crippen molar-refractivity contribution in [2.45, 2.75) is 26.7 Å². The summed E-state index contributed by atoms with van der Waals surface area (Å²) in [6.45, 7) is 4.38. The molecule has 0 aromatic heterocycles. The molecule has 0 saturated carbocycles. The van der Waals surface area contributed by atoms with Crippen molar-refractivity contribution in [2.24, 2.45) is 0 Å². The molecule has 1 N–H and O–H groups in total. The van der Waals surface area contributed by atoms with Gasteiger partial charge in [0.2, 0.25) is 5.91 Å².